The lowest BCUT2D eigenvalue weighted by atomic mass is 10.2. The Morgan fingerprint density at radius 2 is 1.63 bits per heavy atom. The summed E-state index contributed by atoms with van der Waals surface area (Å²) in [6.07, 6.45) is 0. The van der Waals surface area contributed by atoms with Crippen LogP contribution in [0.15, 0.2) is 36.4 Å². The summed E-state index contributed by atoms with van der Waals surface area (Å²) in [5.41, 5.74) is 8.36. The van der Waals surface area contributed by atoms with Gasteiger partial charge in [0, 0.05) is 11.6 Å². The van der Waals surface area contributed by atoms with Gasteiger partial charge in [0.2, 0.25) is 0 Å². The second-order valence-electron chi connectivity index (χ2n) is 5.02. The van der Waals surface area contributed by atoms with Crippen molar-refractivity contribution in [2.45, 2.75) is 38.9 Å². The minimum Gasteiger partial charge on any atom is -0.385 e. The van der Waals surface area contributed by atoms with Gasteiger partial charge in [-0.15, -0.1) is 0 Å². The highest BCUT2D eigenvalue weighted by molar-refractivity contribution is 6.78. The Bertz CT molecular complexity index is 521. The molecule has 4 heteroatoms. The van der Waals surface area contributed by atoms with Crippen LogP contribution in [0.5, 0.6) is 0 Å². The third-order valence-electron chi connectivity index (χ3n) is 4.23. The fourth-order valence-corrected chi connectivity index (χ4v) is 6.06. The van der Waals surface area contributed by atoms with Gasteiger partial charge in [0.1, 0.15) is 5.82 Å². The highest BCUT2D eigenvalue weighted by Crippen LogP contribution is 2.28. The summed E-state index contributed by atoms with van der Waals surface area (Å²) < 4.78 is 2.16. The number of nitrogens with two attached hydrogens (primary N) is 1. The Labute approximate surface area is 116 Å². The van der Waals surface area contributed by atoms with Crippen LogP contribution >= 0.6 is 0 Å². The third-order valence-corrected chi connectivity index (χ3v) is 9.44. The number of hydrogen-bond acceptors (Lipinski definition) is 2. The molecule has 1 aromatic heterocycles. The van der Waals surface area contributed by atoms with Crippen LogP contribution in [0.25, 0.3) is 11.3 Å². The van der Waals surface area contributed by atoms with Crippen LogP contribution in [0, 0.1) is 0 Å². The first-order valence-electron chi connectivity index (χ1n) is 7.08. The Morgan fingerprint density at radius 1 is 1.05 bits per heavy atom. The van der Waals surface area contributed by atoms with E-state index in [2.05, 4.69) is 37.3 Å². The molecule has 0 bridgehead atoms. The van der Waals surface area contributed by atoms with Gasteiger partial charge >= 0.3 is 0 Å². The molecule has 0 amide bonds. The topological polar surface area (TPSA) is 43.8 Å². The fraction of sp³-hybridized carbons (Fsp3) is 0.400. The van der Waals surface area contributed by atoms with Gasteiger partial charge in [-0.3, -0.25) is 4.35 Å². The van der Waals surface area contributed by atoms with Crippen LogP contribution in [0.4, 0.5) is 5.82 Å². The molecule has 1 aromatic carbocycles. The fourth-order valence-electron chi connectivity index (χ4n) is 2.72. The minimum atomic E-state index is -1.57. The molecule has 2 aromatic rings. The molecule has 0 atom stereocenters. The van der Waals surface area contributed by atoms with Crippen molar-refractivity contribution in [3.63, 3.8) is 0 Å². The third kappa shape index (κ3) is 2.45. The van der Waals surface area contributed by atoms with Gasteiger partial charge in [-0.25, -0.2) is 0 Å². The summed E-state index contributed by atoms with van der Waals surface area (Å²) in [6, 6.07) is 15.8. The van der Waals surface area contributed by atoms with Crippen molar-refractivity contribution in [2.24, 2.45) is 0 Å². The first kappa shape index (κ1) is 13.9. The standard InChI is InChI=1S/C15H23N3Si/c1-4-19(5-2,6-3)18-15(16)12-14(17-18)13-10-8-7-9-11-13/h7-12H,4-6,16H2,1-3H3. The lowest BCUT2D eigenvalue weighted by molar-refractivity contribution is 0.890. The van der Waals surface area contributed by atoms with E-state index in [1.165, 1.54) is 18.1 Å². The number of nitrogen functional groups attached to an aromatic ring is 1. The van der Waals surface area contributed by atoms with Crippen LogP contribution < -0.4 is 5.73 Å². The number of aromatic nitrogens is 2. The molecule has 0 fully saturated rings. The van der Waals surface area contributed by atoms with Gasteiger partial charge in [-0.2, -0.15) is 5.10 Å². The average molecular weight is 273 g/mol. The maximum Gasteiger partial charge on any atom is 0.187 e. The van der Waals surface area contributed by atoms with Gasteiger partial charge in [-0.1, -0.05) is 51.1 Å². The quantitative estimate of drug-likeness (QED) is 0.837. The van der Waals surface area contributed by atoms with E-state index in [1.54, 1.807) is 0 Å². The molecule has 0 unspecified atom stereocenters. The summed E-state index contributed by atoms with van der Waals surface area (Å²) >= 11 is 0. The van der Waals surface area contributed by atoms with E-state index in [4.69, 9.17) is 10.8 Å². The molecule has 0 aliphatic carbocycles. The molecule has 0 saturated heterocycles. The summed E-state index contributed by atoms with van der Waals surface area (Å²) in [5, 5.41) is 4.82. The maximum absolute atomic E-state index is 6.23. The van der Waals surface area contributed by atoms with Crippen molar-refractivity contribution in [3.05, 3.63) is 36.4 Å². The van der Waals surface area contributed by atoms with Crippen molar-refractivity contribution in [2.75, 3.05) is 5.73 Å². The predicted molar refractivity (Wildman–Crippen MR) is 84.7 cm³/mol. The largest absolute Gasteiger partial charge is 0.385 e. The van der Waals surface area contributed by atoms with Gasteiger partial charge < -0.3 is 5.73 Å². The van der Waals surface area contributed by atoms with E-state index < -0.39 is 8.24 Å². The Balaban J connectivity index is 2.47. The van der Waals surface area contributed by atoms with Crippen LogP contribution in [-0.4, -0.2) is 17.7 Å². The zero-order chi connectivity index (χ0) is 13.9. The second kappa shape index (κ2) is 5.61. The lowest BCUT2D eigenvalue weighted by Gasteiger charge is -2.29. The molecule has 3 nitrogen and oxygen atoms in total. The van der Waals surface area contributed by atoms with Crippen molar-refractivity contribution in [1.82, 2.24) is 9.45 Å². The summed E-state index contributed by atoms with van der Waals surface area (Å²) in [5.74, 6) is 0.816. The van der Waals surface area contributed by atoms with Crippen molar-refractivity contribution < 1.29 is 0 Å². The maximum atomic E-state index is 6.23. The molecule has 2 N–H and O–H groups in total. The van der Waals surface area contributed by atoms with E-state index in [9.17, 15) is 0 Å². The van der Waals surface area contributed by atoms with Crippen molar-refractivity contribution in [1.29, 1.82) is 0 Å². The monoisotopic (exact) mass is 273 g/mol. The number of benzene rings is 1. The molecule has 0 aliphatic heterocycles. The first-order chi connectivity index (χ1) is 9.16. The average Bonchev–Trinajstić information content (AvgIpc) is 2.85. The second-order valence-corrected chi connectivity index (χ2v) is 10.0. The molecular formula is C15H23N3Si. The molecule has 0 aliphatic rings. The highest BCUT2D eigenvalue weighted by Gasteiger charge is 2.32. The highest BCUT2D eigenvalue weighted by atomic mass is 28.3. The molecule has 2 rings (SSSR count). The van der Waals surface area contributed by atoms with E-state index in [1.807, 2.05) is 24.3 Å². The number of nitrogens with zero attached hydrogens (tertiary/aromatic N) is 2. The first-order valence-corrected chi connectivity index (χ1v) is 9.65. The summed E-state index contributed by atoms with van der Waals surface area (Å²) in [4.78, 5) is 0. The van der Waals surface area contributed by atoms with Gasteiger partial charge in [-0.05, 0) is 18.1 Å². The molecule has 102 valence electrons. The molecule has 1 heterocycles. The van der Waals surface area contributed by atoms with Crippen molar-refractivity contribution in [3.8, 4) is 11.3 Å². The molecule has 0 radical (unpaired) electrons. The smallest absolute Gasteiger partial charge is 0.187 e. The van der Waals surface area contributed by atoms with Crippen LogP contribution in [0.1, 0.15) is 20.8 Å². The van der Waals surface area contributed by atoms with Crippen molar-refractivity contribution >= 4 is 14.1 Å². The Kier molecular flexibility index (Phi) is 4.10. The van der Waals surface area contributed by atoms with E-state index in [-0.39, 0.29) is 0 Å². The van der Waals surface area contributed by atoms with Gasteiger partial charge in [0.05, 0.1) is 5.69 Å². The lowest BCUT2D eigenvalue weighted by Crippen LogP contribution is -2.42. The molecule has 0 spiro atoms. The van der Waals surface area contributed by atoms with E-state index in [0.717, 1.165) is 17.1 Å². The zero-order valence-corrected chi connectivity index (χ0v) is 13.1. The van der Waals surface area contributed by atoms with Crippen LogP contribution in [-0.2, 0) is 0 Å². The molecule has 19 heavy (non-hydrogen) atoms. The minimum absolute atomic E-state index is 0.816. The number of rotatable bonds is 5. The van der Waals surface area contributed by atoms with E-state index in [0.29, 0.717) is 0 Å². The Hall–Kier alpha value is -1.55. The number of hydrogen-bond donors (Lipinski definition) is 1. The normalized spacial score (nSPS) is 11.7. The van der Waals surface area contributed by atoms with Gasteiger partial charge in [0.25, 0.3) is 0 Å². The van der Waals surface area contributed by atoms with Crippen LogP contribution in [0.3, 0.4) is 0 Å². The molecular weight excluding hydrogens is 250 g/mol. The molecule has 0 saturated carbocycles. The summed E-state index contributed by atoms with van der Waals surface area (Å²) in [7, 11) is -1.57. The number of anilines is 1. The van der Waals surface area contributed by atoms with Crippen LogP contribution in [0.2, 0.25) is 18.1 Å². The summed E-state index contributed by atoms with van der Waals surface area (Å²) in [6.45, 7) is 6.80. The zero-order valence-electron chi connectivity index (χ0n) is 12.1. The van der Waals surface area contributed by atoms with Gasteiger partial charge in [0.15, 0.2) is 8.24 Å². The SMILES string of the molecule is CC[Si](CC)(CC)n1nc(-c2ccccc2)cc1N. The Morgan fingerprint density at radius 3 is 2.16 bits per heavy atom. The van der Waals surface area contributed by atoms with E-state index >= 15 is 0 Å². The predicted octanol–water partition coefficient (Wildman–Crippen LogP) is 3.99.